The Morgan fingerprint density at radius 2 is 1.74 bits per heavy atom. The largest absolute Gasteiger partial charge is 0.455 e. The second kappa shape index (κ2) is 7.61. The zero-order valence-electron chi connectivity index (χ0n) is 15.4. The van der Waals surface area contributed by atoms with E-state index in [2.05, 4.69) is 10.6 Å². The zero-order valence-corrected chi connectivity index (χ0v) is 15.4. The van der Waals surface area contributed by atoms with Gasteiger partial charge in [-0.25, -0.2) is 4.79 Å². The van der Waals surface area contributed by atoms with Crippen LogP contribution in [0.1, 0.15) is 29.5 Å². The van der Waals surface area contributed by atoms with Crippen LogP contribution in [0.3, 0.4) is 0 Å². The molecule has 0 radical (unpaired) electrons. The van der Waals surface area contributed by atoms with Gasteiger partial charge in [-0.1, -0.05) is 48.0 Å². The molecule has 27 heavy (non-hydrogen) atoms. The van der Waals surface area contributed by atoms with E-state index < -0.39 is 29.9 Å². The van der Waals surface area contributed by atoms with Crippen LogP contribution in [0.15, 0.2) is 48.5 Å². The third kappa shape index (κ3) is 4.34. The maximum absolute atomic E-state index is 12.4. The minimum absolute atomic E-state index is 0.432. The number of carbonyl (C=O) groups is 3. The lowest BCUT2D eigenvalue weighted by Crippen LogP contribution is -2.38. The van der Waals surface area contributed by atoms with E-state index in [1.807, 2.05) is 56.3 Å². The molecule has 6 nitrogen and oxygen atoms in total. The third-order valence-electron chi connectivity index (χ3n) is 4.68. The van der Waals surface area contributed by atoms with Gasteiger partial charge in [0.1, 0.15) is 0 Å². The van der Waals surface area contributed by atoms with Crippen molar-refractivity contribution in [3.63, 3.8) is 0 Å². The summed E-state index contributed by atoms with van der Waals surface area (Å²) in [5.41, 5.74) is 2.83. The number of anilines is 1. The number of hydrogen-bond donors (Lipinski definition) is 2. The quantitative estimate of drug-likeness (QED) is 0.796. The second-order valence-corrected chi connectivity index (χ2v) is 6.84. The van der Waals surface area contributed by atoms with Crippen molar-refractivity contribution in [3.8, 4) is 0 Å². The van der Waals surface area contributed by atoms with Crippen LogP contribution < -0.4 is 10.6 Å². The van der Waals surface area contributed by atoms with Gasteiger partial charge in [0.05, 0.1) is 5.41 Å². The van der Waals surface area contributed by atoms with Gasteiger partial charge in [-0.3, -0.25) is 14.9 Å². The van der Waals surface area contributed by atoms with Crippen molar-refractivity contribution in [2.45, 2.75) is 32.1 Å². The zero-order chi connectivity index (χ0) is 19.4. The van der Waals surface area contributed by atoms with E-state index >= 15 is 0 Å². The number of amides is 3. The molecule has 0 aromatic heterocycles. The van der Waals surface area contributed by atoms with E-state index in [0.717, 1.165) is 16.7 Å². The first-order valence-electron chi connectivity index (χ1n) is 8.81. The molecule has 0 spiro atoms. The number of nitrogens with one attached hydrogen (secondary N) is 2. The maximum Gasteiger partial charge on any atom is 0.325 e. The summed E-state index contributed by atoms with van der Waals surface area (Å²) in [5.74, 6) is -1.10. The van der Waals surface area contributed by atoms with Gasteiger partial charge >= 0.3 is 12.0 Å². The van der Waals surface area contributed by atoms with E-state index in [1.54, 1.807) is 6.07 Å². The van der Waals surface area contributed by atoms with Crippen LogP contribution in [-0.4, -0.2) is 24.5 Å². The molecule has 1 aliphatic carbocycles. The Hall–Kier alpha value is -3.15. The van der Waals surface area contributed by atoms with E-state index in [9.17, 15) is 14.4 Å². The number of aryl methyl sites for hydroxylation is 2. The summed E-state index contributed by atoms with van der Waals surface area (Å²) in [6.45, 7) is 3.33. The predicted molar refractivity (Wildman–Crippen MR) is 101 cm³/mol. The van der Waals surface area contributed by atoms with Crippen molar-refractivity contribution in [1.29, 1.82) is 0 Å². The first-order valence-corrected chi connectivity index (χ1v) is 8.81. The number of imide groups is 1. The smallest absolute Gasteiger partial charge is 0.325 e. The topological polar surface area (TPSA) is 84.5 Å². The lowest BCUT2D eigenvalue weighted by molar-refractivity contribution is -0.150. The molecule has 0 heterocycles. The molecule has 0 atom stereocenters. The fourth-order valence-electron chi connectivity index (χ4n) is 3.03. The Kier molecular flexibility index (Phi) is 5.26. The van der Waals surface area contributed by atoms with Crippen molar-refractivity contribution < 1.29 is 19.1 Å². The van der Waals surface area contributed by atoms with Gasteiger partial charge in [-0.05, 0) is 43.9 Å². The van der Waals surface area contributed by atoms with Crippen molar-refractivity contribution in [3.05, 3.63) is 65.2 Å². The second-order valence-electron chi connectivity index (χ2n) is 6.84. The fraction of sp³-hybridized carbons (Fsp3) is 0.286. The van der Waals surface area contributed by atoms with Crippen molar-refractivity contribution in [1.82, 2.24) is 5.32 Å². The Bertz CT molecular complexity index is 873. The molecule has 2 aromatic carbocycles. The highest BCUT2D eigenvalue weighted by Crippen LogP contribution is 2.49. The summed E-state index contributed by atoms with van der Waals surface area (Å²) < 4.78 is 5.15. The van der Waals surface area contributed by atoms with Gasteiger partial charge in [0, 0.05) is 5.69 Å². The van der Waals surface area contributed by atoms with E-state index in [1.165, 1.54) is 0 Å². The average molecular weight is 366 g/mol. The Balaban J connectivity index is 1.49. The summed E-state index contributed by atoms with van der Waals surface area (Å²) in [6.07, 6.45) is 1.40. The molecule has 3 rings (SSSR count). The summed E-state index contributed by atoms with van der Waals surface area (Å²) >= 11 is 0. The summed E-state index contributed by atoms with van der Waals surface area (Å²) in [7, 11) is 0. The molecule has 2 N–H and O–H groups in total. The monoisotopic (exact) mass is 366 g/mol. The number of ether oxygens (including phenoxy) is 1. The number of hydrogen-bond acceptors (Lipinski definition) is 4. The SMILES string of the molecule is Cc1ccc(NC(=O)NC(=O)COC(=O)C2(c3ccccc3)CC2)c(C)c1. The molecule has 1 saturated carbocycles. The number of benzene rings is 2. The number of carbonyl (C=O) groups excluding carboxylic acids is 3. The summed E-state index contributed by atoms with van der Waals surface area (Å²) in [5, 5.41) is 4.78. The molecule has 0 bridgehead atoms. The number of urea groups is 1. The molecule has 0 aliphatic heterocycles. The van der Waals surface area contributed by atoms with Gasteiger partial charge in [-0.15, -0.1) is 0 Å². The highest BCUT2D eigenvalue weighted by molar-refractivity contribution is 6.02. The molecular weight excluding hydrogens is 344 g/mol. The van der Waals surface area contributed by atoms with Crippen LogP contribution in [0.4, 0.5) is 10.5 Å². The number of rotatable bonds is 5. The standard InChI is InChI=1S/C21H22N2O4/c1-14-8-9-17(15(2)12-14)22-20(26)23-18(24)13-27-19(25)21(10-11-21)16-6-4-3-5-7-16/h3-9,12H,10-11,13H2,1-2H3,(H2,22,23,24,26). The van der Waals surface area contributed by atoms with Crippen LogP contribution in [0, 0.1) is 13.8 Å². The minimum atomic E-state index is -0.672. The van der Waals surface area contributed by atoms with Gasteiger partial charge in [0.25, 0.3) is 5.91 Å². The molecule has 0 saturated heterocycles. The Morgan fingerprint density at radius 1 is 1.04 bits per heavy atom. The van der Waals surface area contributed by atoms with Gasteiger partial charge in [-0.2, -0.15) is 0 Å². The maximum atomic E-state index is 12.4. The van der Waals surface area contributed by atoms with E-state index in [-0.39, 0.29) is 0 Å². The van der Waals surface area contributed by atoms with Crippen molar-refractivity contribution in [2.75, 3.05) is 11.9 Å². The molecule has 1 aliphatic rings. The van der Waals surface area contributed by atoms with Crippen LogP contribution in [0.5, 0.6) is 0 Å². The van der Waals surface area contributed by atoms with Gasteiger partial charge < -0.3 is 10.1 Å². The molecule has 2 aromatic rings. The van der Waals surface area contributed by atoms with Crippen LogP contribution >= 0.6 is 0 Å². The summed E-state index contributed by atoms with van der Waals surface area (Å²) in [4.78, 5) is 36.3. The Morgan fingerprint density at radius 3 is 2.37 bits per heavy atom. The fourth-order valence-corrected chi connectivity index (χ4v) is 3.03. The minimum Gasteiger partial charge on any atom is -0.455 e. The third-order valence-corrected chi connectivity index (χ3v) is 4.68. The molecule has 0 unspecified atom stereocenters. The molecule has 3 amide bonds. The van der Waals surface area contributed by atoms with Gasteiger partial charge in [0.15, 0.2) is 6.61 Å². The van der Waals surface area contributed by atoms with Crippen LogP contribution in [0.25, 0.3) is 0 Å². The highest BCUT2D eigenvalue weighted by atomic mass is 16.5. The normalized spacial score (nSPS) is 14.1. The van der Waals surface area contributed by atoms with Gasteiger partial charge in [0.2, 0.25) is 0 Å². The van der Waals surface area contributed by atoms with Crippen LogP contribution in [0.2, 0.25) is 0 Å². The first kappa shape index (κ1) is 18.6. The Labute approximate surface area is 157 Å². The molecule has 6 heteroatoms. The molecular formula is C21H22N2O4. The highest BCUT2D eigenvalue weighted by Gasteiger charge is 2.52. The molecule has 1 fully saturated rings. The first-order chi connectivity index (χ1) is 12.9. The van der Waals surface area contributed by atoms with Crippen molar-refractivity contribution >= 4 is 23.6 Å². The van der Waals surface area contributed by atoms with E-state index in [4.69, 9.17) is 4.74 Å². The number of esters is 1. The lowest BCUT2D eigenvalue weighted by atomic mass is 9.96. The summed E-state index contributed by atoms with van der Waals surface area (Å²) in [6, 6.07) is 14.3. The lowest BCUT2D eigenvalue weighted by Gasteiger charge is -2.15. The molecule has 140 valence electrons. The van der Waals surface area contributed by atoms with Crippen molar-refractivity contribution in [2.24, 2.45) is 0 Å². The average Bonchev–Trinajstić information content (AvgIpc) is 3.45. The van der Waals surface area contributed by atoms with E-state index in [0.29, 0.717) is 18.5 Å². The van der Waals surface area contributed by atoms with Crippen LogP contribution in [-0.2, 0) is 19.7 Å². The predicted octanol–water partition coefficient (Wildman–Crippen LogP) is 3.23.